The largest absolute Gasteiger partial charge is 0.298 e. The van der Waals surface area contributed by atoms with E-state index in [1.807, 2.05) is 35.7 Å². The molecule has 3 heterocycles. The first-order valence-electron chi connectivity index (χ1n) is 9.44. The van der Waals surface area contributed by atoms with Crippen LogP contribution in [0.2, 0.25) is 0 Å². The van der Waals surface area contributed by atoms with Crippen LogP contribution in [0.25, 0.3) is 16.8 Å². The fraction of sp³-hybridized carbons (Fsp3) is 0.136. The van der Waals surface area contributed by atoms with Crippen molar-refractivity contribution in [2.45, 2.75) is 18.7 Å². The summed E-state index contributed by atoms with van der Waals surface area (Å²) in [5.41, 5.74) is 4.63. The number of aryl methyl sites for hydroxylation is 2. The monoisotopic (exact) mass is 437 g/mol. The molecule has 0 spiro atoms. The number of benzene rings is 1. The van der Waals surface area contributed by atoms with Gasteiger partial charge >= 0.3 is 0 Å². The van der Waals surface area contributed by atoms with Gasteiger partial charge in [0.25, 0.3) is 10.0 Å². The molecule has 0 aliphatic carbocycles. The lowest BCUT2D eigenvalue weighted by Crippen LogP contribution is -2.23. The third kappa shape index (κ3) is 3.91. The molecule has 9 heteroatoms. The first-order chi connectivity index (χ1) is 14.8. The molecule has 3 aromatic heterocycles. The minimum absolute atomic E-state index is 0.125. The van der Waals surface area contributed by atoms with Gasteiger partial charge in [-0.25, -0.2) is 9.37 Å². The van der Waals surface area contributed by atoms with E-state index in [2.05, 4.69) is 15.1 Å². The lowest BCUT2D eigenvalue weighted by molar-refractivity contribution is 0.489. The number of fused-ring (bicyclic) bond motifs is 1. The molecule has 0 radical (unpaired) electrons. The summed E-state index contributed by atoms with van der Waals surface area (Å²) in [5.74, 6) is -0.623. The van der Waals surface area contributed by atoms with Crippen molar-refractivity contribution in [3.63, 3.8) is 0 Å². The van der Waals surface area contributed by atoms with E-state index in [4.69, 9.17) is 0 Å². The molecular weight excluding hydrogens is 417 g/mol. The second-order valence-corrected chi connectivity index (χ2v) is 9.04. The predicted octanol–water partition coefficient (Wildman–Crippen LogP) is 3.81. The topological polar surface area (TPSA) is 79.9 Å². The molecular formula is C22H20FN5O2S. The van der Waals surface area contributed by atoms with Gasteiger partial charge in [0.05, 0.1) is 23.0 Å². The van der Waals surface area contributed by atoms with Crippen molar-refractivity contribution in [1.29, 1.82) is 0 Å². The van der Waals surface area contributed by atoms with E-state index in [1.165, 1.54) is 25.4 Å². The molecule has 4 rings (SSSR count). The molecule has 0 fully saturated rings. The number of hydrogen-bond acceptors (Lipinski definition) is 5. The standard InChI is InChI=1S/C22H20FN5O2S/c1-15-6-7-19(23)10-21(15)31(29,30)27(3)26-13-20-12-25-22-16(2)9-18(14-28(20)22)17-5-4-8-24-11-17/h4-14H,1-3H3/b26-13-. The van der Waals surface area contributed by atoms with Gasteiger partial charge in [-0.2, -0.15) is 17.9 Å². The smallest absolute Gasteiger partial charge is 0.279 e. The quantitative estimate of drug-likeness (QED) is 0.351. The van der Waals surface area contributed by atoms with Crippen molar-refractivity contribution in [3.8, 4) is 11.1 Å². The van der Waals surface area contributed by atoms with E-state index in [0.29, 0.717) is 11.3 Å². The molecule has 0 aliphatic rings. The van der Waals surface area contributed by atoms with Crippen molar-refractivity contribution < 1.29 is 12.8 Å². The van der Waals surface area contributed by atoms with Gasteiger partial charge < -0.3 is 0 Å². The average molecular weight is 438 g/mol. The van der Waals surface area contributed by atoms with Gasteiger partial charge in [0.1, 0.15) is 11.5 Å². The van der Waals surface area contributed by atoms with Crippen molar-refractivity contribution >= 4 is 21.9 Å². The van der Waals surface area contributed by atoms with Crippen LogP contribution in [0.15, 0.2) is 71.2 Å². The Labute approximate surface area is 179 Å². The van der Waals surface area contributed by atoms with Gasteiger partial charge in [-0.15, -0.1) is 0 Å². The molecule has 158 valence electrons. The summed E-state index contributed by atoms with van der Waals surface area (Å²) in [5, 5.41) is 4.09. The Balaban J connectivity index is 1.71. The molecule has 0 unspecified atom stereocenters. The fourth-order valence-electron chi connectivity index (χ4n) is 3.26. The van der Waals surface area contributed by atoms with Gasteiger partial charge in [0, 0.05) is 36.8 Å². The van der Waals surface area contributed by atoms with E-state index in [9.17, 15) is 12.8 Å². The average Bonchev–Trinajstić information content (AvgIpc) is 3.17. The summed E-state index contributed by atoms with van der Waals surface area (Å²) in [6.45, 7) is 3.56. The summed E-state index contributed by atoms with van der Waals surface area (Å²) < 4.78 is 41.9. The zero-order valence-corrected chi connectivity index (χ0v) is 18.0. The minimum Gasteiger partial charge on any atom is -0.298 e. The Kier molecular flexibility index (Phi) is 5.28. The highest BCUT2D eigenvalue weighted by atomic mass is 32.2. The summed E-state index contributed by atoms with van der Waals surface area (Å²) in [6.07, 6.45) is 8.41. The van der Waals surface area contributed by atoms with Crippen LogP contribution in [0, 0.1) is 19.7 Å². The number of rotatable bonds is 5. The summed E-state index contributed by atoms with van der Waals surface area (Å²) in [6, 6.07) is 9.47. The maximum atomic E-state index is 13.6. The lowest BCUT2D eigenvalue weighted by Gasteiger charge is -2.15. The van der Waals surface area contributed by atoms with Crippen LogP contribution in [0.4, 0.5) is 4.39 Å². The van der Waals surface area contributed by atoms with Gasteiger partial charge in [-0.05, 0) is 49.2 Å². The van der Waals surface area contributed by atoms with E-state index >= 15 is 0 Å². The number of hydrazone groups is 1. The maximum absolute atomic E-state index is 13.6. The van der Waals surface area contributed by atoms with Crippen molar-refractivity contribution in [3.05, 3.63) is 83.8 Å². The third-order valence-corrected chi connectivity index (χ3v) is 6.73. The molecule has 0 bridgehead atoms. The highest BCUT2D eigenvalue weighted by Crippen LogP contribution is 2.23. The summed E-state index contributed by atoms with van der Waals surface area (Å²) in [7, 11) is -2.69. The first kappa shape index (κ1) is 20.7. The van der Waals surface area contributed by atoms with Crippen LogP contribution in [-0.2, 0) is 10.0 Å². The highest BCUT2D eigenvalue weighted by molar-refractivity contribution is 7.89. The number of halogens is 1. The highest BCUT2D eigenvalue weighted by Gasteiger charge is 2.22. The molecule has 1 aromatic carbocycles. The van der Waals surface area contributed by atoms with Gasteiger partial charge in [-0.1, -0.05) is 12.1 Å². The summed E-state index contributed by atoms with van der Waals surface area (Å²) >= 11 is 0. The molecule has 0 amide bonds. The first-order valence-corrected chi connectivity index (χ1v) is 10.9. The van der Waals surface area contributed by atoms with E-state index < -0.39 is 15.8 Å². The van der Waals surface area contributed by atoms with Gasteiger partial charge in [0.2, 0.25) is 0 Å². The van der Waals surface area contributed by atoms with Crippen LogP contribution in [-0.4, -0.2) is 40.5 Å². The number of imidazole rings is 1. The molecule has 0 atom stereocenters. The number of hydrogen-bond donors (Lipinski definition) is 0. The van der Waals surface area contributed by atoms with E-state index in [0.717, 1.165) is 32.8 Å². The van der Waals surface area contributed by atoms with Crippen LogP contribution in [0.1, 0.15) is 16.8 Å². The molecule has 7 nitrogen and oxygen atoms in total. The normalized spacial score (nSPS) is 12.0. The second-order valence-electron chi connectivity index (χ2n) is 7.12. The molecule has 0 saturated carbocycles. The number of aromatic nitrogens is 3. The SMILES string of the molecule is Cc1ccc(F)cc1S(=O)(=O)N(C)/N=C\c1cnc2c(C)cc(-c3cccnc3)cn12. The lowest BCUT2D eigenvalue weighted by atomic mass is 10.1. The molecule has 31 heavy (non-hydrogen) atoms. The fourth-order valence-corrected chi connectivity index (χ4v) is 4.45. The van der Waals surface area contributed by atoms with E-state index in [-0.39, 0.29) is 4.90 Å². The summed E-state index contributed by atoms with van der Waals surface area (Å²) in [4.78, 5) is 8.45. The van der Waals surface area contributed by atoms with Gasteiger partial charge in [-0.3, -0.25) is 9.38 Å². The predicted molar refractivity (Wildman–Crippen MR) is 117 cm³/mol. The van der Waals surface area contributed by atoms with E-state index in [1.54, 1.807) is 25.5 Å². The molecule has 0 saturated heterocycles. The van der Waals surface area contributed by atoms with Crippen molar-refractivity contribution in [2.24, 2.45) is 5.10 Å². The second kappa shape index (κ2) is 7.92. The number of sulfonamides is 1. The Hall–Kier alpha value is -3.59. The minimum atomic E-state index is -4.00. The third-order valence-electron chi connectivity index (χ3n) is 4.94. The number of pyridine rings is 2. The zero-order chi connectivity index (χ0) is 22.2. The van der Waals surface area contributed by atoms with Crippen LogP contribution < -0.4 is 0 Å². The Morgan fingerprint density at radius 3 is 2.65 bits per heavy atom. The zero-order valence-electron chi connectivity index (χ0n) is 17.2. The Bertz CT molecular complexity index is 1400. The molecule has 0 N–H and O–H groups in total. The molecule has 4 aromatic rings. The van der Waals surface area contributed by atoms with Crippen LogP contribution in [0.5, 0.6) is 0 Å². The van der Waals surface area contributed by atoms with Crippen LogP contribution >= 0.6 is 0 Å². The molecule has 0 aliphatic heterocycles. The number of nitrogens with zero attached hydrogens (tertiary/aromatic N) is 5. The van der Waals surface area contributed by atoms with Crippen molar-refractivity contribution in [2.75, 3.05) is 7.05 Å². The maximum Gasteiger partial charge on any atom is 0.279 e. The van der Waals surface area contributed by atoms with Crippen molar-refractivity contribution in [1.82, 2.24) is 18.8 Å². The Morgan fingerprint density at radius 2 is 1.90 bits per heavy atom. The Morgan fingerprint density at radius 1 is 1.10 bits per heavy atom. The van der Waals surface area contributed by atoms with Crippen LogP contribution in [0.3, 0.4) is 0 Å². The van der Waals surface area contributed by atoms with Gasteiger partial charge in [0.15, 0.2) is 0 Å².